The Hall–Kier alpha value is -3.33. The van der Waals surface area contributed by atoms with Gasteiger partial charge in [-0.3, -0.25) is 9.69 Å². The maximum absolute atomic E-state index is 13.5. The van der Waals surface area contributed by atoms with Crippen molar-refractivity contribution in [2.24, 2.45) is 0 Å². The summed E-state index contributed by atoms with van der Waals surface area (Å²) in [5, 5.41) is 0. The van der Waals surface area contributed by atoms with E-state index in [1.54, 1.807) is 12.0 Å². The van der Waals surface area contributed by atoms with Gasteiger partial charge in [0.15, 0.2) is 0 Å². The number of hydrogen-bond acceptors (Lipinski definition) is 2. The van der Waals surface area contributed by atoms with Crippen molar-refractivity contribution < 1.29 is 9.53 Å². The number of benzene rings is 3. The molecule has 3 aromatic carbocycles. The highest BCUT2D eigenvalue weighted by atomic mass is 16.5. The van der Waals surface area contributed by atoms with E-state index in [2.05, 4.69) is 32.9 Å². The molecule has 4 rings (SSSR count). The summed E-state index contributed by atoms with van der Waals surface area (Å²) >= 11 is 0. The molecule has 29 heavy (non-hydrogen) atoms. The van der Waals surface area contributed by atoms with E-state index in [0.29, 0.717) is 11.5 Å². The first kappa shape index (κ1) is 19.0. The summed E-state index contributed by atoms with van der Waals surface area (Å²) in [4.78, 5) is 15.2. The Morgan fingerprint density at radius 3 is 2.34 bits per heavy atom. The van der Waals surface area contributed by atoms with E-state index in [4.69, 9.17) is 4.74 Å². The lowest BCUT2D eigenvalue weighted by Gasteiger charge is -2.17. The quantitative estimate of drug-likeness (QED) is 0.492. The number of nitrogens with zero attached hydrogens (tertiary/aromatic N) is 1. The summed E-state index contributed by atoms with van der Waals surface area (Å²) in [7, 11) is 1.70. The molecule has 0 saturated carbocycles. The van der Waals surface area contributed by atoms with Crippen LogP contribution >= 0.6 is 0 Å². The van der Waals surface area contributed by atoms with E-state index < -0.39 is 0 Å². The number of carbonyl (C=O) groups excluding carboxylic acids is 1. The van der Waals surface area contributed by atoms with Gasteiger partial charge in [-0.25, -0.2) is 0 Å². The van der Waals surface area contributed by atoms with Crippen molar-refractivity contribution >= 4 is 28.9 Å². The maximum Gasteiger partial charge on any atom is 0.263 e. The van der Waals surface area contributed by atoms with Gasteiger partial charge in [0.05, 0.1) is 18.4 Å². The van der Waals surface area contributed by atoms with Gasteiger partial charge in [0.25, 0.3) is 5.91 Å². The third kappa shape index (κ3) is 3.33. The lowest BCUT2D eigenvalue weighted by molar-refractivity contribution is -0.112. The zero-order chi connectivity index (χ0) is 20.5. The summed E-state index contributed by atoms with van der Waals surface area (Å²) < 4.78 is 5.57. The van der Waals surface area contributed by atoms with E-state index in [-0.39, 0.29) is 5.91 Å². The van der Waals surface area contributed by atoms with E-state index in [1.807, 2.05) is 60.7 Å². The highest BCUT2D eigenvalue weighted by Gasteiger charge is 2.33. The van der Waals surface area contributed by atoms with Crippen molar-refractivity contribution in [2.75, 3.05) is 12.0 Å². The van der Waals surface area contributed by atoms with Crippen molar-refractivity contribution in [1.29, 1.82) is 0 Å². The van der Waals surface area contributed by atoms with Crippen LogP contribution < -0.4 is 9.64 Å². The number of amides is 1. The number of methoxy groups -OCH3 is 1. The van der Waals surface area contributed by atoms with Gasteiger partial charge in [-0.2, -0.15) is 0 Å². The van der Waals surface area contributed by atoms with Gasteiger partial charge in [0.2, 0.25) is 0 Å². The molecule has 3 nitrogen and oxygen atoms in total. The molecule has 0 N–H and O–H groups in total. The van der Waals surface area contributed by atoms with Gasteiger partial charge >= 0.3 is 0 Å². The number of aryl methyl sites for hydroxylation is 1. The first-order valence-electron chi connectivity index (χ1n) is 9.90. The number of rotatable bonds is 4. The molecule has 0 aromatic heterocycles. The molecule has 0 saturated heterocycles. The smallest absolute Gasteiger partial charge is 0.263 e. The molecule has 0 spiro atoms. The van der Waals surface area contributed by atoms with Gasteiger partial charge in [0.1, 0.15) is 5.75 Å². The monoisotopic (exact) mass is 383 g/mol. The summed E-state index contributed by atoms with van der Waals surface area (Å²) in [6, 6.07) is 22.0. The van der Waals surface area contributed by atoms with Crippen molar-refractivity contribution in [1.82, 2.24) is 0 Å². The zero-order valence-electron chi connectivity index (χ0n) is 17.3. The Balaban J connectivity index is 1.87. The standard InChI is InChI=1S/C26H25NO2/c1-17(2)22-15-19(18(3)14-25(22)29-4)16-23-21-12-8-9-13-24(21)27(26(23)28)20-10-6-5-7-11-20/h5-17H,1-4H3/b23-16+. The topological polar surface area (TPSA) is 29.5 Å². The fourth-order valence-corrected chi connectivity index (χ4v) is 3.87. The molecule has 3 heteroatoms. The molecule has 0 radical (unpaired) electrons. The first-order chi connectivity index (χ1) is 14.0. The van der Waals surface area contributed by atoms with Crippen LogP contribution in [0, 0.1) is 6.92 Å². The molecule has 0 unspecified atom stereocenters. The second kappa shape index (κ2) is 7.59. The molecular formula is C26H25NO2. The Labute approximate surface area is 172 Å². The SMILES string of the molecule is COc1cc(C)c(/C=C2/C(=O)N(c3ccccc3)c3ccccc32)cc1C(C)C. The fraction of sp³-hybridized carbons (Fsp3) is 0.192. The molecule has 1 heterocycles. The van der Waals surface area contributed by atoms with Crippen LogP contribution in [0.1, 0.15) is 42.0 Å². The lowest BCUT2D eigenvalue weighted by Crippen LogP contribution is -2.20. The predicted molar refractivity (Wildman–Crippen MR) is 120 cm³/mol. The zero-order valence-corrected chi connectivity index (χ0v) is 17.3. The number of hydrogen-bond donors (Lipinski definition) is 0. The molecule has 0 atom stereocenters. The van der Waals surface area contributed by atoms with Crippen molar-refractivity contribution in [2.45, 2.75) is 26.7 Å². The van der Waals surface area contributed by atoms with Crippen LogP contribution in [0.15, 0.2) is 66.7 Å². The second-order valence-electron chi connectivity index (χ2n) is 7.66. The molecule has 1 aliphatic rings. The van der Waals surface area contributed by atoms with E-state index in [1.165, 1.54) is 0 Å². The summed E-state index contributed by atoms with van der Waals surface area (Å²) in [6.07, 6.45) is 2.02. The van der Waals surface area contributed by atoms with Crippen LogP contribution in [0.3, 0.4) is 0 Å². The molecule has 3 aromatic rings. The molecule has 0 aliphatic carbocycles. The lowest BCUT2D eigenvalue weighted by atomic mass is 9.94. The second-order valence-corrected chi connectivity index (χ2v) is 7.66. The molecule has 1 amide bonds. The Morgan fingerprint density at radius 2 is 1.66 bits per heavy atom. The van der Waals surface area contributed by atoms with Gasteiger partial charge in [-0.1, -0.05) is 50.2 Å². The maximum atomic E-state index is 13.5. The van der Waals surface area contributed by atoms with Crippen molar-refractivity contribution in [3.8, 4) is 5.75 Å². The Morgan fingerprint density at radius 1 is 0.966 bits per heavy atom. The van der Waals surface area contributed by atoms with Crippen molar-refractivity contribution in [3.63, 3.8) is 0 Å². The average Bonchev–Trinajstić information content (AvgIpc) is 3.01. The summed E-state index contributed by atoms with van der Waals surface area (Å²) in [5.41, 5.74) is 6.75. The van der Waals surface area contributed by atoms with Gasteiger partial charge in [-0.15, -0.1) is 0 Å². The van der Waals surface area contributed by atoms with E-state index >= 15 is 0 Å². The third-order valence-electron chi connectivity index (χ3n) is 5.42. The van der Waals surface area contributed by atoms with Gasteiger partial charge in [-0.05, 0) is 65.9 Å². The molecular weight excluding hydrogens is 358 g/mol. The Bertz CT molecular complexity index is 1100. The van der Waals surface area contributed by atoms with Crippen LogP contribution in [0.4, 0.5) is 11.4 Å². The number of anilines is 2. The average molecular weight is 383 g/mol. The van der Waals surface area contributed by atoms with Gasteiger partial charge < -0.3 is 4.74 Å². The van der Waals surface area contributed by atoms with Crippen molar-refractivity contribution in [3.05, 3.63) is 89.0 Å². The molecule has 0 bridgehead atoms. The molecule has 146 valence electrons. The minimum Gasteiger partial charge on any atom is -0.496 e. The van der Waals surface area contributed by atoms with Crippen LogP contribution in [0.25, 0.3) is 11.6 Å². The summed E-state index contributed by atoms with van der Waals surface area (Å²) in [5.74, 6) is 1.22. The fourth-order valence-electron chi connectivity index (χ4n) is 3.87. The number of carbonyl (C=O) groups is 1. The highest BCUT2D eigenvalue weighted by Crippen LogP contribution is 2.42. The first-order valence-corrected chi connectivity index (χ1v) is 9.90. The predicted octanol–water partition coefficient (Wildman–Crippen LogP) is 6.35. The third-order valence-corrected chi connectivity index (χ3v) is 5.42. The molecule has 1 aliphatic heterocycles. The number of fused-ring (bicyclic) bond motifs is 1. The minimum absolute atomic E-state index is 0.00119. The number of ether oxygens (including phenoxy) is 1. The normalized spacial score (nSPS) is 14.6. The largest absolute Gasteiger partial charge is 0.496 e. The Kier molecular flexibility index (Phi) is 4.98. The van der Waals surface area contributed by atoms with E-state index in [9.17, 15) is 4.79 Å². The van der Waals surface area contributed by atoms with Gasteiger partial charge in [0, 0.05) is 11.3 Å². The van der Waals surface area contributed by atoms with Crippen LogP contribution in [0.5, 0.6) is 5.75 Å². The highest BCUT2D eigenvalue weighted by molar-refractivity contribution is 6.38. The number of para-hydroxylation sites is 2. The van der Waals surface area contributed by atoms with E-state index in [0.717, 1.165) is 39.4 Å². The summed E-state index contributed by atoms with van der Waals surface area (Å²) in [6.45, 7) is 6.36. The molecule has 0 fully saturated rings. The van der Waals surface area contributed by atoms with Crippen LogP contribution in [0.2, 0.25) is 0 Å². The van der Waals surface area contributed by atoms with Crippen LogP contribution in [-0.4, -0.2) is 13.0 Å². The minimum atomic E-state index is -0.00119. The van der Waals surface area contributed by atoms with Crippen LogP contribution in [-0.2, 0) is 4.79 Å².